The van der Waals surface area contributed by atoms with Crippen LogP contribution in [0.4, 0.5) is 22.7 Å². The number of rotatable bonds is 6. The van der Waals surface area contributed by atoms with Gasteiger partial charge in [0, 0.05) is 11.1 Å². The highest BCUT2D eigenvalue weighted by atomic mass is 32.1. The third-order valence-electron chi connectivity index (χ3n) is 8.33. The van der Waals surface area contributed by atoms with Crippen molar-refractivity contribution in [2.45, 2.75) is 0 Å². The fraction of sp³-hybridized carbons (Fsp3) is 0. The van der Waals surface area contributed by atoms with Crippen LogP contribution < -0.4 is 19.6 Å². The van der Waals surface area contributed by atoms with Gasteiger partial charge in [-0.1, -0.05) is 72.8 Å². The smallest absolute Gasteiger partial charge is 0.270 e. The van der Waals surface area contributed by atoms with Crippen molar-refractivity contribution in [3.63, 3.8) is 0 Å². The number of carbonyl (C=O) groups is 4. The van der Waals surface area contributed by atoms with Crippen molar-refractivity contribution in [3.8, 4) is 11.5 Å². The van der Waals surface area contributed by atoms with Gasteiger partial charge in [-0.25, -0.2) is 0 Å². The number of anilines is 4. The number of thiocarbonyl (C=S) groups is 2. The topological polar surface area (TPSA) is 122 Å². The zero-order valence-corrected chi connectivity index (χ0v) is 28.6. The molecule has 0 bridgehead atoms. The molecule has 0 aromatic heterocycles. The van der Waals surface area contributed by atoms with Crippen molar-refractivity contribution in [1.82, 2.24) is 0 Å². The summed E-state index contributed by atoms with van der Waals surface area (Å²) in [5.74, 6) is -3.86. The molecule has 0 saturated carbocycles. The highest BCUT2D eigenvalue weighted by Crippen LogP contribution is 2.36. The van der Waals surface area contributed by atoms with Crippen LogP contribution in [-0.4, -0.2) is 44.1 Å². The van der Waals surface area contributed by atoms with Crippen molar-refractivity contribution < 1.29 is 29.4 Å². The summed E-state index contributed by atoms with van der Waals surface area (Å²) in [7, 11) is 0. The lowest BCUT2D eigenvalue weighted by Crippen LogP contribution is -2.56. The average molecular weight is 723 g/mol. The first-order valence-corrected chi connectivity index (χ1v) is 16.6. The first kappa shape index (κ1) is 33.7. The molecule has 5 aromatic rings. The monoisotopic (exact) mass is 722 g/mol. The number of hydrogen-bond donors (Lipinski definition) is 2. The Bertz CT molecular complexity index is 2060. The van der Waals surface area contributed by atoms with Gasteiger partial charge in [-0.05, 0) is 97.3 Å². The van der Waals surface area contributed by atoms with Crippen LogP contribution in [0.25, 0.3) is 12.2 Å². The van der Waals surface area contributed by atoms with Gasteiger partial charge in [-0.3, -0.25) is 38.8 Å². The molecule has 254 valence electrons. The van der Waals surface area contributed by atoms with Crippen molar-refractivity contribution >= 4 is 93.2 Å². The normalized spacial score (nSPS) is 15.1. The second-order valence-corrected chi connectivity index (χ2v) is 12.3. The number of amides is 4. The van der Waals surface area contributed by atoms with Crippen LogP contribution in [0, 0.1) is 0 Å². The maximum Gasteiger partial charge on any atom is 0.270 e. The van der Waals surface area contributed by atoms with Crippen molar-refractivity contribution in [2.75, 3.05) is 19.6 Å². The van der Waals surface area contributed by atoms with E-state index in [9.17, 15) is 29.4 Å². The van der Waals surface area contributed by atoms with Crippen LogP contribution in [0.3, 0.4) is 0 Å². The molecule has 10 nitrogen and oxygen atoms in total. The van der Waals surface area contributed by atoms with Crippen LogP contribution in [-0.2, 0) is 19.2 Å². The molecular weight excluding hydrogens is 697 g/mol. The van der Waals surface area contributed by atoms with E-state index in [-0.39, 0.29) is 32.5 Å². The van der Waals surface area contributed by atoms with E-state index in [1.807, 2.05) is 0 Å². The number of hydrogen-bond acceptors (Lipinski definition) is 8. The summed E-state index contributed by atoms with van der Waals surface area (Å²) in [6.07, 6.45) is 2.32. The zero-order chi connectivity index (χ0) is 36.5. The molecule has 2 aliphatic rings. The largest absolute Gasteiger partial charge is 0.507 e. The number of phenols is 2. The minimum absolute atomic E-state index is 0.0611. The molecule has 0 atom stereocenters. The number of benzene rings is 5. The predicted octanol–water partition coefficient (Wildman–Crippen LogP) is 6.59. The van der Waals surface area contributed by atoms with E-state index < -0.39 is 35.1 Å². The molecule has 0 radical (unpaired) electrons. The van der Waals surface area contributed by atoms with Gasteiger partial charge in [0.05, 0.1) is 22.7 Å². The third-order valence-corrected chi connectivity index (χ3v) is 9.06. The summed E-state index contributed by atoms with van der Waals surface area (Å²) in [5, 5.41) is 22.3. The summed E-state index contributed by atoms with van der Waals surface area (Å²) in [5.41, 5.74) is 0.828. The minimum atomic E-state index is -0.741. The predicted molar refractivity (Wildman–Crippen MR) is 207 cm³/mol. The van der Waals surface area contributed by atoms with E-state index in [1.54, 1.807) is 121 Å². The quantitative estimate of drug-likeness (QED) is 0.0872. The summed E-state index contributed by atoms with van der Waals surface area (Å²) < 4.78 is 0. The van der Waals surface area contributed by atoms with E-state index in [4.69, 9.17) is 24.4 Å². The van der Waals surface area contributed by atoms with E-state index in [2.05, 4.69) is 0 Å². The Hall–Kier alpha value is -6.76. The zero-order valence-electron chi connectivity index (χ0n) is 27.0. The average Bonchev–Trinajstić information content (AvgIpc) is 3.15. The fourth-order valence-corrected chi connectivity index (χ4v) is 6.58. The number of phenolic OH excluding ortho intramolecular Hbond substituents is 2. The second-order valence-electron chi connectivity index (χ2n) is 11.6. The van der Waals surface area contributed by atoms with E-state index in [0.717, 1.165) is 24.3 Å². The van der Waals surface area contributed by atoms with Crippen molar-refractivity contribution in [2.24, 2.45) is 0 Å². The summed E-state index contributed by atoms with van der Waals surface area (Å²) >= 11 is 11.3. The Kier molecular flexibility index (Phi) is 8.99. The highest BCUT2D eigenvalue weighted by Gasteiger charge is 2.43. The molecule has 0 aliphatic carbocycles. The number of para-hydroxylation sites is 4. The molecule has 2 aliphatic heterocycles. The maximum atomic E-state index is 13.9. The molecular formula is C40H26N4O6S2. The van der Waals surface area contributed by atoms with Gasteiger partial charge in [0.25, 0.3) is 23.6 Å². The first-order valence-electron chi connectivity index (χ1n) is 15.8. The highest BCUT2D eigenvalue weighted by molar-refractivity contribution is 7.81. The maximum absolute atomic E-state index is 13.9. The number of nitrogens with zero attached hydrogens (tertiary/aromatic N) is 4. The molecule has 5 aromatic carbocycles. The molecule has 2 saturated heterocycles. The second kappa shape index (κ2) is 13.9. The Morgan fingerprint density at radius 3 is 0.865 bits per heavy atom. The van der Waals surface area contributed by atoms with Crippen LogP contribution >= 0.6 is 24.4 Å². The molecule has 12 heteroatoms. The summed E-state index contributed by atoms with van der Waals surface area (Å²) in [6.45, 7) is 0. The van der Waals surface area contributed by atoms with E-state index in [0.29, 0.717) is 22.7 Å². The van der Waals surface area contributed by atoms with E-state index >= 15 is 0 Å². The lowest BCUT2D eigenvalue weighted by atomic mass is 10.00. The molecule has 7 rings (SSSR count). The summed E-state index contributed by atoms with van der Waals surface area (Å²) in [6, 6.07) is 36.5. The first-order chi connectivity index (χ1) is 25.2. The Balaban J connectivity index is 1.31. The fourth-order valence-electron chi connectivity index (χ4n) is 5.83. The van der Waals surface area contributed by atoms with Gasteiger partial charge >= 0.3 is 0 Å². The van der Waals surface area contributed by atoms with Crippen LogP contribution in [0.2, 0.25) is 0 Å². The SMILES string of the molecule is O=C1C(=Cc2cc(O)c(C=C3C(=O)N(c4ccccc4)C(=S)N(c4ccccc4)C3=O)cc2O)C(=O)N(c2ccccc2)C(=S)N1c1ccccc1. The molecule has 2 fully saturated rings. The standard InChI is InChI=1S/C40H26N4O6S2/c45-33-24-26(22-32-37(49)43(29-17-9-3-10-18-29)40(52)44(38(32)50)30-19-11-4-12-20-30)34(46)23-25(33)21-31-35(47)41(27-13-5-1-6-14-27)39(51)42(36(31)48)28-15-7-2-8-16-28/h1-24,45-46H. The Morgan fingerprint density at radius 1 is 0.404 bits per heavy atom. The van der Waals surface area contributed by atoms with Gasteiger partial charge in [0.1, 0.15) is 22.6 Å². The number of carbonyl (C=O) groups excluding carboxylic acids is 4. The van der Waals surface area contributed by atoms with Crippen LogP contribution in [0.15, 0.2) is 145 Å². The van der Waals surface area contributed by atoms with Gasteiger partial charge in [-0.15, -0.1) is 0 Å². The third kappa shape index (κ3) is 6.02. The summed E-state index contributed by atoms with van der Waals surface area (Å²) in [4.78, 5) is 60.6. The molecule has 0 unspecified atom stereocenters. The van der Waals surface area contributed by atoms with Gasteiger partial charge < -0.3 is 10.2 Å². The van der Waals surface area contributed by atoms with Crippen molar-refractivity contribution in [3.05, 3.63) is 156 Å². The Labute approximate surface area is 308 Å². The molecule has 52 heavy (non-hydrogen) atoms. The number of aromatic hydroxyl groups is 2. The van der Waals surface area contributed by atoms with Crippen LogP contribution in [0.1, 0.15) is 11.1 Å². The van der Waals surface area contributed by atoms with Gasteiger partial charge in [0.15, 0.2) is 10.2 Å². The van der Waals surface area contributed by atoms with Gasteiger partial charge in [-0.2, -0.15) is 0 Å². The van der Waals surface area contributed by atoms with Crippen LogP contribution in [0.5, 0.6) is 11.5 Å². The van der Waals surface area contributed by atoms with Crippen molar-refractivity contribution in [1.29, 1.82) is 0 Å². The van der Waals surface area contributed by atoms with Gasteiger partial charge in [0.2, 0.25) is 0 Å². The lowest BCUT2D eigenvalue weighted by molar-refractivity contribution is -0.122. The lowest BCUT2D eigenvalue weighted by Gasteiger charge is -2.36. The molecule has 2 N–H and O–H groups in total. The molecule has 2 heterocycles. The van der Waals surface area contributed by atoms with E-state index in [1.165, 1.54) is 19.6 Å². The molecule has 4 amide bonds. The molecule has 0 spiro atoms. The Morgan fingerprint density at radius 2 is 0.635 bits per heavy atom. The minimum Gasteiger partial charge on any atom is -0.507 e.